The standard InChI is InChI=1S/C8H8BrF3S/c1-5(4-9)6-2-3-7(13-6)8(10,11)12/h2-3,5H,4H2,1H3. The van der Waals surface area contributed by atoms with Gasteiger partial charge < -0.3 is 0 Å². The monoisotopic (exact) mass is 272 g/mol. The molecule has 0 nitrogen and oxygen atoms in total. The van der Waals surface area contributed by atoms with Gasteiger partial charge in [0.05, 0.1) is 0 Å². The largest absolute Gasteiger partial charge is 0.425 e. The summed E-state index contributed by atoms with van der Waals surface area (Å²) in [7, 11) is 0. The van der Waals surface area contributed by atoms with Gasteiger partial charge in [-0.2, -0.15) is 13.2 Å². The highest BCUT2D eigenvalue weighted by Crippen LogP contribution is 2.37. The Balaban J connectivity index is 2.87. The smallest absolute Gasteiger partial charge is 0.165 e. The fourth-order valence-electron chi connectivity index (χ4n) is 0.846. The first kappa shape index (κ1) is 11.0. The SMILES string of the molecule is CC(CBr)c1ccc(C(F)(F)F)s1. The molecule has 1 atom stereocenters. The summed E-state index contributed by atoms with van der Waals surface area (Å²) in [5, 5.41) is 0.685. The van der Waals surface area contributed by atoms with E-state index >= 15 is 0 Å². The van der Waals surface area contributed by atoms with E-state index in [-0.39, 0.29) is 5.92 Å². The van der Waals surface area contributed by atoms with Gasteiger partial charge in [-0.3, -0.25) is 0 Å². The molecule has 13 heavy (non-hydrogen) atoms. The maximum Gasteiger partial charge on any atom is 0.425 e. The Morgan fingerprint density at radius 1 is 1.46 bits per heavy atom. The zero-order valence-electron chi connectivity index (χ0n) is 6.86. The lowest BCUT2D eigenvalue weighted by Crippen LogP contribution is -2.00. The maximum atomic E-state index is 12.2. The molecular formula is C8H8BrF3S. The van der Waals surface area contributed by atoms with Crippen LogP contribution in [0.15, 0.2) is 12.1 Å². The van der Waals surface area contributed by atoms with Crippen molar-refractivity contribution in [1.29, 1.82) is 0 Å². The fraction of sp³-hybridized carbons (Fsp3) is 0.500. The molecule has 1 aromatic rings. The average Bonchev–Trinajstić information content (AvgIpc) is 2.50. The zero-order chi connectivity index (χ0) is 10.1. The summed E-state index contributed by atoms with van der Waals surface area (Å²) in [5.74, 6) is 0.140. The lowest BCUT2D eigenvalue weighted by molar-refractivity contribution is -0.134. The Morgan fingerprint density at radius 3 is 2.46 bits per heavy atom. The minimum Gasteiger partial charge on any atom is -0.165 e. The first-order valence-corrected chi connectivity index (χ1v) is 5.62. The van der Waals surface area contributed by atoms with E-state index < -0.39 is 11.1 Å². The second kappa shape index (κ2) is 4.00. The molecule has 1 aromatic heterocycles. The molecule has 0 aliphatic rings. The van der Waals surface area contributed by atoms with E-state index in [4.69, 9.17) is 0 Å². The average molecular weight is 273 g/mol. The van der Waals surface area contributed by atoms with Crippen molar-refractivity contribution in [3.63, 3.8) is 0 Å². The molecule has 0 aliphatic carbocycles. The summed E-state index contributed by atoms with van der Waals surface area (Å²) < 4.78 is 36.5. The quantitative estimate of drug-likeness (QED) is 0.706. The number of hydrogen-bond acceptors (Lipinski definition) is 1. The summed E-state index contributed by atoms with van der Waals surface area (Å²) in [6, 6.07) is 2.68. The molecule has 0 spiro atoms. The van der Waals surface area contributed by atoms with Crippen molar-refractivity contribution in [3.05, 3.63) is 21.9 Å². The van der Waals surface area contributed by atoms with E-state index in [1.54, 1.807) is 6.07 Å². The van der Waals surface area contributed by atoms with Crippen molar-refractivity contribution < 1.29 is 13.2 Å². The second-order valence-corrected chi connectivity index (χ2v) is 4.52. The second-order valence-electron chi connectivity index (χ2n) is 2.76. The van der Waals surface area contributed by atoms with E-state index in [9.17, 15) is 13.2 Å². The van der Waals surface area contributed by atoms with Gasteiger partial charge in [0.1, 0.15) is 4.88 Å². The zero-order valence-corrected chi connectivity index (χ0v) is 9.26. The van der Waals surface area contributed by atoms with Crippen LogP contribution in [0.2, 0.25) is 0 Å². The third-order valence-electron chi connectivity index (χ3n) is 1.62. The number of rotatable bonds is 2. The molecule has 0 saturated heterocycles. The van der Waals surface area contributed by atoms with Crippen molar-refractivity contribution in [2.75, 3.05) is 5.33 Å². The third kappa shape index (κ3) is 2.71. The highest BCUT2D eigenvalue weighted by atomic mass is 79.9. The highest BCUT2D eigenvalue weighted by Gasteiger charge is 2.32. The molecule has 0 amide bonds. The maximum absolute atomic E-state index is 12.2. The molecule has 74 valence electrons. The van der Waals surface area contributed by atoms with E-state index in [0.717, 1.165) is 22.3 Å². The van der Waals surface area contributed by atoms with E-state index in [2.05, 4.69) is 15.9 Å². The molecule has 0 N–H and O–H groups in total. The predicted octanol–water partition coefficient (Wildman–Crippen LogP) is 4.27. The van der Waals surface area contributed by atoms with Crippen molar-refractivity contribution in [2.45, 2.75) is 19.0 Å². The van der Waals surface area contributed by atoms with Crippen LogP contribution in [0.5, 0.6) is 0 Å². The van der Waals surface area contributed by atoms with Crippen LogP contribution in [0.25, 0.3) is 0 Å². The summed E-state index contributed by atoms with van der Waals surface area (Å²) in [6.07, 6.45) is -4.20. The van der Waals surface area contributed by atoms with Crippen molar-refractivity contribution >= 4 is 27.3 Å². The number of hydrogen-bond donors (Lipinski definition) is 0. The first-order chi connectivity index (χ1) is 5.95. The lowest BCUT2D eigenvalue weighted by Gasteiger charge is -2.03. The van der Waals surface area contributed by atoms with Gasteiger partial charge in [0.2, 0.25) is 0 Å². The van der Waals surface area contributed by atoms with Gasteiger partial charge in [0, 0.05) is 16.1 Å². The van der Waals surface area contributed by atoms with Crippen LogP contribution >= 0.6 is 27.3 Å². The summed E-state index contributed by atoms with van der Waals surface area (Å²) in [6.45, 7) is 1.89. The number of halogens is 4. The van der Waals surface area contributed by atoms with Crippen molar-refractivity contribution in [1.82, 2.24) is 0 Å². The minimum absolute atomic E-state index is 0.140. The molecule has 0 saturated carbocycles. The summed E-state index contributed by atoms with van der Waals surface area (Å²) in [5.41, 5.74) is 0. The number of thiophene rings is 1. The summed E-state index contributed by atoms with van der Waals surface area (Å²) >= 11 is 4.05. The molecule has 1 heterocycles. The normalized spacial score (nSPS) is 14.5. The van der Waals surface area contributed by atoms with Crippen molar-refractivity contribution in [2.24, 2.45) is 0 Å². The highest BCUT2D eigenvalue weighted by molar-refractivity contribution is 9.09. The van der Waals surface area contributed by atoms with E-state index in [1.807, 2.05) is 6.92 Å². The van der Waals surface area contributed by atoms with Gasteiger partial charge in [0.25, 0.3) is 0 Å². The third-order valence-corrected chi connectivity index (χ3v) is 3.96. The molecule has 0 bridgehead atoms. The lowest BCUT2D eigenvalue weighted by atomic mass is 10.2. The van der Waals surface area contributed by atoms with Crippen LogP contribution in [0.3, 0.4) is 0 Å². The molecule has 1 rings (SSSR count). The van der Waals surface area contributed by atoms with E-state index in [0.29, 0.717) is 5.33 Å². The molecule has 0 radical (unpaired) electrons. The van der Waals surface area contributed by atoms with Crippen LogP contribution in [0, 0.1) is 0 Å². The van der Waals surface area contributed by atoms with E-state index in [1.165, 1.54) is 0 Å². The van der Waals surface area contributed by atoms with Gasteiger partial charge in [-0.15, -0.1) is 11.3 Å². The van der Waals surface area contributed by atoms with Gasteiger partial charge in [-0.1, -0.05) is 22.9 Å². The molecular weight excluding hydrogens is 265 g/mol. The molecule has 5 heteroatoms. The van der Waals surface area contributed by atoms with Crippen LogP contribution in [-0.4, -0.2) is 5.33 Å². The number of alkyl halides is 4. The minimum atomic E-state index is -4.20. The van der Waals surface area contributed by atoms with Gasteiger partial charge in [0.15, 0.2) is 0 Å². The Bertz CT molecular complexity index is 279. The molecule has 1 unspecified atom stereocenters. The van der Waals surface area contributed by atoms with Crippen LogP contribution in [0.4, 0.5) is 13.2 Å². The Labute approximate surface area is 86.9 Å². The van der Waals surface area contributed by atoms with Crippen LogP contribution < -0.4 is 0 Å². The van der Waals surface area contributed by atoms with Gasteiger partial charge in [-0.05, 0) is 12.1 Å². The van der Waals surface area contributed by atoms with Crippen LogP contribution in [-0.2, 0) is 6.18 Å². The molecule has 0 aromatic carbocycles. The molecule has 0 fully saturated rings. The molecule has 0 aliphatic heterocycles. The van der Waals surface area contributed by atoms with Gasteiger partial charge >= 0.3 is 6.18 Å². The van der Waals surface area contributed by atoms with Crippen LogP contribution in [0.1, 0.15) is 22.6 Å². The Morgan fingerprint density at radius 2 is 2.08 bits per heavy atom. The topological polar surface area (TPSA) is 0 Å². The summed E-state index contributed by atoms with van der Waals surface area (Å²) in [4.78, 5) is 0.250. The Hall–Kier alpha value is -0.0300. The Kier molecular flexibility index (Phi) is 3.40. The fourth-order valence-corrected chi connectivity index (χ4v) is 2.34. The van der Waals surface area contributed by atoms with Gasteiger partial charge in [-0.25, -0.2) is 0 Å². The first-order valence-electron chi connectivity index (χ1n) is 3.68. The predicted molar refractivity (Wildman–Crippen MR) is 51.5 cm³/mol. The van der Waals surface area contributed by atoms with Crippen molar-refractivity contribution in [3.8, 4) is 0 Å².